The van der Waals surface area contributed by atoms with Crippen LogP contribution in [-0.2, 0) is 13.0 Å². The van der Waals surface area contributed by atoms with Crippen LogP contribution in [0.2, 0.25) is 0 Å². The number of hydrogen-bond acceptors (Lipinski definition) is 2. The predicted molar refractivity (Wildman–Crippen MR) is 68.0 cm³/mol. The van der Waals surface area contributed by atoms with Gasteiger partial charge in [-0.25, -0.2) is 0 Å². The number of aromatic nitrogens is 2. The molecule has 0 aromatic carbocycles. The number of H-pyrrole nitrogens is 1. The Hall–Kier alpha value is -1.35. The summed E-state index contributed by atoms with van der Waals surface area (Å²) in [6, 6.07) is 2.21. The zero-order valence-electron chi connectivity index (χ0n) is 10.4. The predicted octanol–water partition coefficient (Wildman–Crippen LogP) is 2.39. The molecule has 0 bridgehead atoms. The Morgan fingerprint density at radius 2 is 2.24 bits per heavy atom. The molecule has 0 amide bonds. The first-order valence-electron chi connectivity index (χ1n) is 6.35. The van der Waals surface area contributed by atoms with Crippen molar-refractivity contribution in [3.8, 4) is 0 Å². The van der Waals surface area contributed by atoms with Crippen molar-refractivity contribution in [2.24, 2.45) is 0 Å². The van der Waals surface area contributed by atoms with E-state index in [1.54, 1.807) is 0 Å². The second kappa shape index (κ2) is 2.91. The average molecular weight is 227 g/mol. The summed E-state index contributed by atoms with van der Waals surface area (Å²) in [6.07, 6.45) is 5.85. The van der Waals surface area contributed by atoms with E-state index in [9.17, 15) is 0 Å². The van der Waals surface area contributed by atoms with Crippen LogP contribution in [-0.4, -0.2) is 27.5 Å². The van der Waals surface area contributed by atoms with Gasteiger partial charge in [0, 0.05) is 29.5 Å². The molecule has 3 heterocycles. The van der Waals surface area contributed by atoms with E-state index in [4.69, 9.17) is 0 Å². The maximum Gasteiger partial charge on any atom is 0.0915 e. The molecule has 2 aromatic rings. The maximum atomic E-state index is 4.62. The molecule has 2 aliphatic rings. The summed E-state index contributed by atoms with van der Waals surface area (Å²) >= 11 is 0. The van der Waals surface area contributed by atoms with Crippen LogP contribution in [0.15, 0.2) is 12.3 Å². The lowest BCUT2D eigenvalue weighted by atomic mass is 9.97. The van der Waals surface area contributed by atoms with Crippen molar-refractivity contribution >= 4 is 11.0 Å². The van der Waals surface area contributed by atoms with Gasteiger partial charge in [-0.2, -0.15) is 0 Å². The van der Waals surface area contributed by atoms with E-state index in [2.05, 4.69) is 34.9 Å². The first-order valence-corrected chi connectivity index (χ1v) is 6.35. The monoisotopic (exact) mass is 227 g/mol. The Labute approximate surface area is 101 Å². The fourth-order valence-electron chi connectivity index (χ4n) is 3.18. The van der Waals surface area contributed by atoms with Gasteiger partial charge in [-0.05, 0) is 44.9 Å². The number of fused-ring (bicyclic) bond motifs is 3. The molecule has 3 heteroatoms. The lowest BCUT2D eigenvalue weighted by Crippen LogP contribution is -2.39. The van der Waals surface area contributed by atoms with Gasteiger partial charge in [-0.1, -0.05) is 0 Å². The summed E-state index contributed by atoms with van der Waals surface area (Å²) in [5.41, 5.74) is 6.94. The van der Waals surface area contributed by atoms with Crippen LogP contribution >= 0.6 is 0 Å². The molecule has 1 saturated carbocycles. The molecule has 1 aliphatic carbocycles. The van der Waals surface area contributed by atoms with E-state index >= 15 is 0 Å². The minimum absolute atomic E-state index is 0.467. The Balaban J connectivity index is 1.93. The highest BCUT2D eigenvalue weighted by Crippen LogP contribution is 2.48. The number of rotatable bonds is 0. The molecular weight excluding hydrogens is 210 g/mol. The zero-order valence-corrected chi connectivity index (χ0v) is 10.4. The second-order valence-electron chi connectivity index (χ2n) is 5.75. The molecule has 1 N–H and O–H groups in total. The van der Waals surface area contributed by atoms with Gasteiger partial charge in [-0.3, -0.25) is 9.88 Å². The van der Waals surface area contributed by atoms with E-state index in [0.717, 1.165) is 6.54 Å². The second-order valence-corrected chi connectivity index (χ2v) is 5.75. The minimum atomic E-state index is 0.467. The molecule has 0 unspecified atom stereocenters. The largest absolute Gasteiger partial charge is 0.356 e. The molecule has 2 aromatic heterocycles. The molecule has 1 aliphatic heterocycles. The van der Waals surface area contributed by atoms with Crippen LogP contribution in [0.4, 0.5) is 0 Å². The zero-order chi connectivity index (χ0) is 11.6. The molecule has 4 rings (SSSR count). The van der Waals surface area contributed by atoms with Crippen LogP contribution in [0, 0.1) is 6.92 Å². The van der Waals surface area contributed by atoms with E-state index < -0.39 is 0 Å². The molecule has 3 nitrogen and oxygen atoms in total. The van der Waals surface area contributed by atoms with E-state index in [1.165, 1.54) is 47.1 Å². The molecule has 88 valence electrons. The third kappa shape index (κ3) is 1.23. The maximum absolute atomic E-state index is 4.62. The molecule has 0 atom stereocenters. The molecule has 1 spiro atoms. The van der Waals surface area contributed by atoms with Crippen molar-refractivity contribution in [2.75, 3.05) is 7.05 Å². The lowest BCUT2D eigenvalue weighted by Gasteiger charge is -2.32. The Kier molecular flexibility index (Phi) is 1.65. The van der Waals surface area contributed by atoms with Crippen LogP contribution in [0.25, 0.3) is 11.0 Å². The van der Waals surface area contributed by atoms with Crippen LogP contribution in [0.1, 0.15) is 29.7 Å². The van der Waals surface area contributed by atoms with E-state index in [0.29, 0.717) is 5.54 Å². The highest BCUT2D eigenvalue weighted by Gasteiger charge is 2.49. The van der Waals surface area contributed by atoms with Crippen LogP contribution in [0.5, 0.6) is 0 Å². The van der Waals surface area contributed by atoms with Crippen LogP contribution < -0.4 is 0 Å². The minimum Gasteiger partial charge on any atom is -0.356 e. The van der Waals surface area contributed by atoms with Gasteiger partial charge >= 0.3 is 0 Å². The quantitative estimate of drug-likeness (QED) is 0.749. The third-order valence-corrected chi connectivity index (χ3v) is 4.50. The van der Waals surface area contributed by atoms with Gasteiger partial charge in [0.2, 0.25) is 0 Å². The van der Waals surface area contributed by atoms with Crippen molar-refractivity contribution in [1.29, 1.82) is 0 Å². The summed E-state index contributed by atoms with van der Waals surface area (Å²) in [7, 11) is 2.25. The SMILES string of the molecule is Cc1cnc2c3c([nH]c2c1)CN(C)C1(CC1)C3. The lowest BCUT2D eigenvalue weighted by molar-refractivity contribution is 0.193. The molecule has 1 fully saturated rings. The molecule has 0 radical (unpaired) electrons. The number of aromatic amines is 1. The number of nitrogens with zero attached hydrogens (tertiary/aromatic N) is 2. The number of likely N-dealkylation sites (N-methyl/N-ethyl adjacent to an activating group) is 1. The van der Waals surface area contributed by atoms with Crippen molar-refractivity contribution in [2.45, 2.75) is 38.3 Å². The first-order chi connectivity index (χ1) is 8.18. The van der Waals surface area contributed by atoms with Gasteiger partial charge in [0.15, 0.2) is 0 Å². The normalized spacial score (nSPS) is 22.0. The fraction of sp³-hybridized carbons (Fsp3) is 0.500. The Morgan fingerprint density at radius 1 is 1.41 bits per heavy atom. The smallest absolute Gasteiger partial charge is 0.0915 e. The summed E-state index contributed by atoms with van der Waals surface area (Å²) in [5.74, 6) is 0. The fourth-order valence-corrected chi connectivity index (χ4v) is 3.18. The van der Waals surface area contributed by atoms with E-state index in [-0.39, 0.29) is 0 Å². The van der Waals surface area contributed by atoms with Crippen molar-refractivity contribution in [3.63, 3.8) is 0 Å². The number of aryl methyl sites for hydroxylation is 1. The van der Waals surface area contributed by atoms with E-state index in [1.807, 2.05) is 6.20 Å². The number of nitrogens with one attached hydrogen (secondary N) is 1. The van der Waals surface area contributed by atoms with Crippen molar-refractivity contribution < 1.29 is 0 Å². The van der Waals surface area contributed by atoms with Gasteiger partial charge in [0.25, 0.3) is 0 Å². The molecule has 17 heavy (non-hydrogen) atoms. The first kappa shape index (κ1) is 9.66. The standard InChI is InChI=1S/C14H17N3/c1-9-5-11-13(15-7-9)10-6-14(3-4-14)17(2)8-12(10)16-11/h5,7,16H,3-4,6,8H2,1-2H3. The highest BCUT2D eigenvalue weighted by atomic mass is 15.2. The van der Waals surface area contributed by atoms with Gasteiger partial charge < -0.3 is 4.98 Å². The third-order valence-electron chi connectivity index (χ3n) is 4.50. The van der Waals surface area contributed by atoms with Crippen LogP contribution in [0.3, 0.4) is 0 Å². The summed E-state index contributed by atoms with van der Waals surface area (Å²) in [6.45, 7) is 3.14. The van der Waals surface area contributed by atoms with Gasteiger partial charge in [-0.15, -0.1) is 0 Å². The van der Waals surface area contributed by atoms with Gasteiger partial charge in [0.05, 0.1) is 11.0 Å². The Morgan fingerprint density at radius 3 is 3.00 bits per heavy atom. The molecular formula is C14H17N3. The van der Waals surface area contributed by atoms with Crippen molar-refractivity contribution in [1.82, 2.24) is 14.9 Å². The average Bonchev–Trinajstić information content (AvgIpc) is 2.98. The molecule has 0 saturated heterocycles. The summed E-state index contributed by atoms with van der Waals surface area (Å²) in [4.78, 5) is 10.7. The number of pyridine rings is 1. The number of hydrogen-bond donors (Lipinski definition) is 1. The topological polar surface area (TPSA) is 31.9 Å². The summed E-state index contributed by atoms with van der Waals surface area (Å²) < 4.78 is 0. The Bertz CT molecular complexity index is 607. The summed E-state index contributed by atoms with van der Waals surface area (Å²) in [5, 5.41) is 0. The highest BCUT2D eigenvalue weighted by molar-refractivity contribution is 5.81. The van der Waals surface area contributed by atoms with Crippen molar-refractivity contribution in [3.05, 3.63) is 29.1 Å². The van der Waals surface area contributed by atoms with Gasteiger partial charge in [0.1, 0.15) is 0 Å².